The fourth-order valence-electron chi connectivity index (χ4n) is 2.39. The number of para-hydroxylation sites is 1. The third kappa shape index (κ3) is 3.83. The number of nitrogens with zero attached hydrogens (tertiary/aromatic N) is 2. The Hall–Kier alpha value is -1.97. The van der Waals surface area contributed by atoms with Gasteiger partial charge in [0.15, 0.2) is 0 Å². The second-order valence-corrected chi connectivity index (χ2v) is 5.87. The second-order valence-electron chi connectivity index (χ2n) is 5.87. The molecule has 0 radical (unpaired) electrons. The number of hydrogen-bond acceptors (Lipinski definition) is 3. The van der Waals surface area contributed by atoms with Gasteiger partial charge in [-0.3, -0.25) is 10.2 Å². The van der Waals surface area contributed by atoms with Gasteiger partial charge in [-0.15, -0.1) is 0 Å². The van der Waals surface area contributed by atoms with Crippen molar-refractivity contribution in [2.45, 2.75) is 19.3 Å². The highest BCUT2D eigenvalue weighted by molar-refractivity contribution is 5.83. The fourth-order valence-corrected chi connectivity index (χ4v) is 2.39. The molecule has 1 aliphatic rings. The molecule has 1 heterocycles. The first kappa shape index (κ1) is 19.4. The van der Waals surface area contributed by atoms with Gasteiger partial charge in [0.2, 0.25) is 5.41 Å². The Morgan fingerprint density at radius 2 is 1.40 bits per heavy atom. The van der Waals surface area contributed by atoms with E-state index in [4.69, 9.17) is 0 Å². The number of nitrogens with one attached hydrogen (secondary N) is 1. The number of anilines is 1. The second kappa shape index (κ2) is 6.74. The average molecular weight is 369 g/mol. The van der Waals surface area contributed by atoms with E-state index < -0.39 is 23.7 Å². The zero-order valence-electron chi connectivity index (χ0n) is 13.3. The molecule has 0 atom stereocenters. The monoisotopic (exact) mass is 369 g/mol. The Morgan fingerprint density at radius 3 is 1.84 bits per heavy atom. The van der Waals surface area contributed by atoms with E-state index in [2.05, 4.69) is 0 Å². The van der Waals surface area contributed by atoms with E-state index in [0.717, 1.165) is 10.7 Å². The molecule has 0 aromatic heterocycles. The van der Waals surface area contributed by atoms with Crippen LogP contribution < -0.4 is 10.3 Å². The summed E-state index contributed by atoms with van der Waals surface area (Å²) in [5.41, 5.74) is -1.80. The average Bonchev–Trinajstić information content (AvgIpc) is 2.53. The summed E-state index contributed by atoms with van der Waals surface area (Å²) in [4.78, 5) is 13.7. The van der Waals surface area contributed by atoms with E-state index in [1.54, 1.807) is 5.43 Å². The normalized spacial score (nSPS) is 17.5. The quantitative estimate of drug-likeness (QED) is 0.833. The molecule has 1 aromatic rings. The number of carbonyl (C=O) groups is 1. The van der Waals surface area contributed by atoms with Gasteiger partial charge in [-0.05, 0) is 19.1 Å². The lowest BCUT2D eigenvalue weighted by Gasteiger charge is -2.39. The number of amides is 1. The van der Waals surface area contributed by atoms with Crippen LogP contribution in [0.3, 0.4) is 0 Å². The Kier molecular flexibility index (Phi) is 5.22. The van der Waals surface area contributed by atoms with Crippen molar-refractivity contribution in [1.29, 1.82) is 0 Å². The van der Waals surface area contributed by atoms with Crippen LogP contribution in [0.4, 0.5) is 32.0 Å². The van der Waals surface area contributed by atoms with Gasteiger partial charge >= 0.3 is 12.4 Å². The molecule has 0 bridgehead atoms. The van der Waals surface area contributed by atoms with Crippen LogP contribution in [0.2, 0.25) is 0 Å². The number of hydrogen-bond donors (Lipinski definition) is 1. The number of carbonyl (C=O) groups excluding carboxylic acids is 1. The Labute approximate surface area is 140 Å². The molecular weight excluding hydrogens is 352 g/mol. The first-order valence-electron chi connectivity index (χ1n) is 7.46. The molecular formula is C15H17F6N3O. The maximum absolute atomic E-state index is 12.9. The molecule has 1 aliphatic heterocycles. The molecule has 0 spiro atoms. The molecule has 0 aliphatic carbocycles. The maximum atomic E-state index is 12.9. The van der Waals surface area contributed by atoms with E-state index in [0.29, 0.717) is 13.1 Å². The highest BCUT2D eigenvalue weighted by Crippen LogP contribution is 2.50. The predicted molar refractivity (Wildman–Crippen MR) is 78.6 cm³/mol. The molecule has 1 amide bonds. The third-order valence-electron chi connectivity index (χ3n) is 4.25. The van der Waals surface area contributed by atoms with Gasteiger partial charge in [0.05, 0.1) is 0 Å². The molecule has 25 heavy (non-hydrogen) atoms. The molecule has 1 saturated heterocycles. The SMILES string of the molecule is CC(C(=O)NN1CCN(c2ccccc2)CC1)(C(F)(F)F)C(F)(F)F. The van der Waals surface area contributed by atoms with Crippen LogP contribution in [0.5, 0.6) is 0 Å². The predicted octanol–water partition coefficient (Wildman–Crippen LogP) is 2.97. The molecule has 2 rings (SSSR count). The highest BCUT2D eigenvalue weighted by Gasteiger charge is 2.72. The van der Waals surface area contributed by atoms with E-state index in [1.165, 1.54) is 0 Å². The minimum absolute atomic E-state index is 0.104. The molecule has 4 nitrogen and oxygen atoms in total. The molecule has 0 unspecified atom stereocenters. The topological polar surface area (TPSA) is 35.6 Å². The van der Waals surface area contributed by atoms with Gasteiger partial charge in [-0.1, -0.05) is 18.2 Å². The first-order chi connectivity index (χ1) is 11.5. The lowest BCUT2D eigenvalue weighted by atomic mass is 9.88. The first-order valence-corrected chi connectivity index (χ1v) is 7.46. The fraction of sp³-hybridized carbons (Fsp3) is 0.533. The van der Waals surface area contributed by atoms with Crippen molar-refractivity contribution in [2.75, 3.05) is 31.1 Å². The molecule has 1 aromatic carbocycles. The van der Waals surface area contributed by atoms with Crippen molar-refractivity contribution in [3.8, 4) is 0 Å². The zero-order valence-corrected chi connectivity index (χ0v) is 13.3. The number of alkyl halides is 6. The maximum Gasteiger partial charge on any atom is 0.411 e. The van der Waals surface area contributed by atoms with Crippen LogP contribution in [0.1, 0.15) is 6.92 Å². The summed E-state index contributed by atoms with van der Waals surface area (Å²) in [6.45, 7) is 0.777. The number of rotatable bonds is 3. The summed E-state index contributed by atoms with van der Waals surface area (Å²) < 4.78 is 77.3. The summed E-state index contributed by atoms with van der Waals surface area (Å²) in [5, 5.41) is 1.08. The minimum Gasteiger partial charge on any atom is -0.369 e. The summed E-state index contributed by atoms with van der Waals surface area (Å²) in [6, 6.07) is 9.16. The molecule has 1 N–H and O–H groups in total. The molecule has 10 heteroatoms. The van der Waals surface area contributed by atoms with Crippen molar-refractivity contribution in [1.82, 2.24) is 10.4 Å². The summed E-state index contributed by atoms with van der Waals surface area (Å²) in [7, 11) is 0. The number of benzene rings is 1. The Bertz CT molecular complexity index is 580. The van der Waals surface area contributed by atoms with Crippen LogP contribution >= 0.6 is 0 Å². The van der Waals surface area contributed by atoms with Gasteiger partial charge in [-0.25, -0.2) is 5.01 Å². The van der Waals surface area contributed by atoms with Crippen molar-refractivity contribution >= 4 is 11.6 Å². The van der Waals surface area contributed by atoms with Crippen LogP contribution in [0.15, 0.2) is 30.3 Å². The molecule has 140 valence electrons. The van der Waals surface area contributed by atoms with E-state index in [9.17, 15) is 31.1 Å². The summed E-state index contributed by atoms with van der Waals surface area (Å²) in [5.74, 6) is -2.12. The van der Waals surface area contributed by atoms with Crippen LogP contribution in [-0.2, 0) is 4.79 Å². The van der Waals surface area contributed by atoms with E-state index >= 15 is 0 Å². The smallest absolute Gasteiger partial charge is 0.369 e. The Balaban J connectivity index is 2.02. The minimum atomic E-state index is -5.75. The summed E-state index contributed by atoms with van der Waals surface area (Å²) in [6.07, 6.45) is -11.5. The lowest BCUT2D eigenvalue weighted by Crippen LogP contribution is -2.62. The number of hydrazine groups is 1. The molecule has 1 fully saturated rings. The number of halogens is 6. The summed E-state index contributed by atoms with van der Waals surface area (Å²) >= 11 is 0. The standard InChI is InChI=1S/C15H17F6N3O/c1-13(14(16,17)18,15(19,20)21)12(25)22-24-9-7-23(8-10-24)11-5-3-2-4-6-11/h2-6H,7-10H2,1H3,(H,22,25). The van der Waals surface area contributed by atoms with Gasteiger partial charge in [0.1, 0.15) is 0 Å². The van der Waals surface area contributed by atoms with Crippen LogP contribution in [0, 0.1) is 5.41 Å². The largest absolute Gasteiger partial charge is 0.411 e. The Morgan fingerprint density at radius 1 is 0.920 bits per heavy atom. The zero-order chi connectivity index (χ0) is 18.9. The van der Waals surface area contributed by atoms with Crippen molar-refractivity contribution < 1.29 is 31.1 Å². The molecule has 0 saturated carbocycles. The van der Waals surface area contributed by atoms with Gasteiger partial charge < -0.3 is 4.90 Å². The van der Waals surface area contributed by atoms with Gasteiger partial charge in [0.25, 0.3) is 5.91 Å². The van der Waals surface area contributed by atoms with Crippen molar-refractivity contribution in [3.05, 3.63) is 30.3 Å². The highest BCUT2D eigenvalue weighted by atomic mass is 19.4. The van der Waals surface area contributed by atoms with E-state index in [-0.39, 0.29) is 20.0 Å². The van der Waals surface area contributed by atoms with Crippen molar-refractivity contribution in [3.63, 3.8) is 0 Å². The third-order valence-corrected chi connectivity index (χ3v) is 4.25. The van der Waals surface area contributed by atoms with Crippen LogP contribution in [0.25, 0.3) is 0 Å². The lowest BCUT2D eigenvalue weighted by molar-refractivity contribution is -0.320. The van der Waals surface area contributed by atoms with E-state index in [1.807, 2.05) is 35.2 Å². The van der Waals surface area contributed by atoms with Gasteiger partial charge in [-0.2, -0.15) is 26.3 Å². The van der Waals surface area contributed by atoms with Crippen molar-refractivity contribution in [2.24, 2.45) is 5.41 Å². The number of piperazine rings is 1. The van der Waals surface area contributed by atoms with Crippen LogP contribution in [-0.4, -0.2) is 49.4 Å². The van der Waals surface area contributed by atoms with Gasteiger partial charge in [0, 0.05) is 31.9 Å².